The van der Waals surface area contributed by atoms with Gasteiger partial charge < -0.3 is 4.74 Å². The summed E-state index contributed by atoms with van der Waals surface area (Å²) < 4.78 is 7.37. The van der Waals surface area contributed by atoms with Crippen molar-refractivity contribution in [2.75, 3.05) is 6.61 Å². The summed E-state index contributed by atoms with van der Waals surface area (Å²) in [5.74, 6) is 0.650. The van der Waals surface area contributed by atoms with E-state index in [1.54, 1.807) is 10.8 Å². The highest BCUT2D eigenvalue weighted by atomic mass is 16.5. The monoisotopic (exact) mass is 299 g/mol. The standard InChI is InChI=1S/C16H19N3O.C2H6/c1-5-8-10-13(7-3)15-17-16-19(18-15)14(9-6-2)12(4)11-20-16;1-2/h5-10H,1,11H2,2-4H3;1-2H3/b9-6-,10-8-,13-7+;. The van der Waals surface area contributed by atoms with E-state index in [0.717, 1.165) is 16.8 Å². The number of nitrogens with zero attached hydrogens (tertiary/aromatic N) is 3. The summed E-state index contributed by atoms with van der Waals surface area (Å²) in [6.07, 6.45) is 11.5. The maximum atomic E-state index is 5.62. The lowest BCUT2D eigenvalue weighted by molar-refractivity contribution is 0.305. The van der Waals surface area contributed by atoms with E-state index in [9.17, 15) is 0 Å². The van der Waals surface area contributed by atoms with Gasteiger partial charge in [0.1, 0.15) is 6.61 Å². The molecule has 1 aliphatic rings. The van der Waals surface area contributed by atoms with E-state index >= 15 is 0 Å². The minimum absolute atomic E-state index is 0.532. The lowest BCUT2D eigenvalue weighted by Crippen LogP contribution is -2.14. The van der Waals surface area contributed by atoms with E-state index in [4.69, 9.17) is 4.74 Å². The van der Waals surface area contributed by atoms with Crippen molar-refractivity contribution in [2.24, 2.45) is 0 Å². The molecule has 0 aromatic carbocycles. The third-order valence-corrected chi connectivity index (χ3v) is 2.97. The molecule has 4 nitrogen and oxygen atoms in total. The Morgan fingerprint density at radius 1 is 1.32 bits per heavy atom. The van der Waals surface area contributed by atoms with E-state index < -0.39 is 0 Å². The van der Waals surface area contributed by atoms with Gasteiger partial charge in [-0.3, -0.25) is 0 Å². The van der Waals surface area contributed by atoms with Crippen LogP contribution < -0.4 is 4.74 Å². The minimum atomic E-state index is 0.532. The van der Waals surface area contributed by atoms with E-state index in [1.165, 1.54) is 0 Å². The van der Waals surface area contributed by atoms with Crippen molar-refractivity contribution in [3.05, 3.63) is 54.4 Å². The van der Waals surface area contributed by atoms with Crippen molar-refractivity contribution in [1.82, 2.24) is 14.8 Å². The molecule has 0 unspecified atom stereocenters. The van der Waals surface area contributed by atoms with Crippen LogP contribution in [0.3, 0.4) is 0 Å². The number of fused-ring (bicyclic) bond motifs is 1. The van der Waals surface area contributed by atoms with Crippen LogP contribution in [0.1, 0.15) is 40.4 Å². The Bertz CT molecular complexity index is 631. The van der Waals surface area contributed by atoms with Crippen LogP contribution in [-0.2, 0) is 0 Å². The predicted octanol–water partition coefficient (Wildman–Crippen LogP) is 4.65. The molecule has 1 aromatic heterocycles. The van der Waals surface area contributed by atoms with Gasteiger partial charge in [-0.05, 0) is 32.4 Å². The highest BCUT2D eigenvalue weighted by molar-refractivity contribution is 5.71. The average Bonchev–Trinajstić information content (AvgIpc) is 2.97. The summed E-state index contributed by atoms with van der Waals surface area (Å²) in [5.41, 5.74) is 3.10. The molecule has 0 atom stereocenters. The Hall–Kier alpha value is -2.36. The predicted molar refractivity (Wildman–Crippen MR) is 93.6 cm³/mol. The second kappa shape index (κ2) is 8.82. The number of ether oxygens (including phenoxy) is 1. The van der Waals surface area contributed by atoms with E-state index in [2.05, 4.69) is 16.7 Å². The molecule has 0 aliphatic carbocycles. The molecule has 0 spiro atoms. The quantitative estimate of drug-likeness (QED) is 0.760. The second-order valence-electron chi connectivity index (χ2n) is 4.42. The van der Waals surface area contributed by atoms with Crippen LogP contribution in [-0.4, -0.2) is 21.4 Å². The molecule has 0 radical (unpaired) electrons. The highest BCUT2D eigenvalue weighted by Crippen LogP contribution is 2.26. The molecule has 118 valence electrons. The zero-order chi connectivity index (χ0) is 16.5. The third-order valence-electron chi connectivity index (χ3n) is 2.97. The van der Waals surface area contributed by atoms with E-state index in [0.29, 0.717) is 18.4 Å². The van der Waals surface area contributed by atoms with Crippen molar-refractivity contribution >= 4 is 11.3 Å². The lowest BCUT2D eigenvalue weighted by Gasteiger charge is -2.16. The summed E-state index contributed by atoms with van der Waals surface area (Å²) in [6.45, 7) is 14.2. The zero-order valence-electron chi connectivity index (χ0n) is 14.1. The number of rotatable bonds is 4. The topological polar surface area (TPSA) is 39.9 Å². The molecular formula is C18H25N3O. The van der Waals surface area contributed by atoms with Crippen molar-refractivity contribution < 1.29 is 4.74 Å². The zero-order valence-corrected chi connectivity index (χ0v) is 14.1. The molecule has 0 bridgehead atoms. The van der Waals surface area contributed by atoms with Gasteiger partial charge in [0, 0.05) is 5.57 Å². The van der Waals surface area contributed by atoms with E-state index in [-0.39, 0.29) is 0 Å². The summed E-state index contributed by atoms with van der Waals surface area (Å²) in [7, 11) is 0. The van der Waals surface area contributed by atoms with Gasteiger partial charge in [-0.15, -0.1) is 5.10 Å². The Balaban J connectivity index is 0.00000116. The van der Waals surface area contributed by atoms with Gasteiger partial charge in [-0.1, -0.05) is 50.8 Å². The van der Waals surface area contributed by atoms with Gasteiger partial charge in [-0.25, -0.2) is 0 Å². The molecule has 0 saturated carbocycles. The lowest BCUT2D eigenvalue weighted by atomic mass is 10.2. The van der Waals surface area contributed by atoms with Gasteiger partial charge in [-0.2, -0.15) is 9.67 Å². The van der Waals surface area contributed by atoms with Crippen LogP contribution in [0.4, 0.5) is 0 Å². The Kier molecular flexibility index (Phi) is 7.09. The van der Waals surface area contributed by atoms with Gasteiger partial charge in [0.25, 0.3) is 0 Å². The van der Waals surface area contributed by atoms with Crippen molar-refractivity contribution in [1.29, 1.82) is 0 Å². The van der Waals surface area contributed by atoms with Crippen LogP contribution in [0.5, 0.6) is 6.01 Å². The van der Waals surface area contributed by atoms with Crippen LogP contribution in [0, 0.1) is 0 Å². The first-order chi connectivity index (χ1) is 10.7. The molecule has 4 heteroatoms. The Morgan fingerprint density at radius 3 is 2.64 bits per heavy atom. The van der Waals surface area contributed by atoms with E-state index in [1.807, 2.05) is 65.0 Å². The van der Waals surface area contributed by atoms with Crippen LogP contribution in [0.25, 0.3) is 11.3 Å². The molecule has 0 fully saturated rings. The van der Waals surface area contributed by atoms with Crippen molar-refractivity contribution in [2.45, 2.75) is 34.6 Å². The summed E-state index contributed by atoms with van der Waals surface area (Å²) in [5, 5.41) is 4.54. The summed E-state index contributed by atoms with van der Waals surface area (Å²) in [4.78, 5) is 4.45. The number of allylic oxidation sites excluding steroid dienone is 8. The Morgan fingerprint density at radius 2 is 2.05 bits per heavy atom. The van der Waals surface area contributed by atoms with Crippen LogP contribution >= 0.6 is 0 Å². The molecule has 0 saturated heterocycles. The minimum Gasteiger partial charge on any atom is -0.459 e. The second-order valence-corrected chi connectivity index (χ2v) is 4.42. The fourth-order valence-corrected chi connectivity index (χ4v) is 1.94. The molecule has 1 aromatic rings. The van der Waals surface area contributed by atoms with Crippen LogP contribution in [0.2, 0.25) is 0 Å². The van der Waals surface area contributed by atoms with Gasteiger partial charge in [0.05, 0.1) is 5.70 Å². The molecule has 2 heterocycles. The molecular weight excluding hydrogens is 274 g/mol. The number of aromatic nitrogens is 3. The fraction of sp³-hybridized carbons (Fsp3) is 0.333. The van der Waals surface area contributed by atoms with Gasteiger partial charge in [0.15, 0.2) is 5.82 Å². The fourth-order valence-electron chi connectivity index (χ4n) is 1.94. The first kappa shape index (κ1) is 17.7. The summed E-state index contributed by atoms with van der Waals surface area (Å²) >= 11 is 0. The molecule has 0 amide bonds. The number of hydrogen-bond acceptors (Lipinski definition) is 3. The maximum absolute atomic E-state index is 5.62. The number of hydrogen-bond donors (Lipinski definition) is 0. The SMILES string of the molecule is C=C/C=C\C(=C/C)c1nc2n(n1)C(/C=C\C)=C(C)CO2.CC. The molecule has 0 N–H and O–H groups in total. The Labute approximate surface area is 133 Å². The van der Waals surface area contributed by atoms with Crippen molar-refractivity contribution in [3.63, 3.8) is 0 Å². The van der Waals surface area contributed by atoms with Gasteiger partial charge in [0.2, 0.25) is 0 Å². The molecule has 1 aliphatic heterocycles. The highest BCUT2D eigenvalue weighted by Gasteiger charge is 2.20. The summed E-state index contributed by atoms with van der Waals surface area (Å²) in [6, 6.07) is 0.532. The average molecular weight is 299 g/mol. The first-order valence-corrected chi connectivity index (χ1v) is 7.59. The molecule has 2 rings (SSSR count). The van der Waals surface area contributed by atoms with Crippen LogP contribution in [0.15, 0.2) is 48.6 Å². The smallest absolute Gasteiger partial charge is 0.320 e. The van der Waals surface area contributed by atoms with Crippen molar-refractivity contribution in [3.8, 4) is 6.01 Å². The third kappa shape index (κ3) is 3.85. The molecule has 22 heavy (non-hydrogen) atoms. The first-order valence-electron chi connectivity index (χ1n) is 7.59. The largest absolute Gasteiger partial charge is 0.459 e. The van der Waals surface area contributed by atoms with Gasteiger partial charge >= 0.3 is 6.01 Å². The normalized spacial score (nSPS) is 14.7. The maximum Gasteiger partial charge on any atom is 0.320 e.